The van der Waals surface area contributed by atoms with Gasteiger partial charge in [-0.15, -0.1) is 0 Å². The molecule has 2 aromatic rings. The van der Waals surface area contributed by atoms with Gasteiger partial charge >= 0.3 is 0 Å². The average Bonchev–Trinajstić information content (AvgIpc) is 2.84. The Morgan fingerprint density at radius 3 is 2.96 bits per heavy atom. The highest BCUT2D eigenvalue weighted by Crippen LogP contribution is 2.27. The number of thioether (sulfide) groups is 1. The molecule has 0 saturated carbocycles. The fourth-order valence-corrected chi connectivity index (χ4v) is 3.34. The Hall–Kier alpha value is -2.60. The van der Waals surface area contributed by atoms with E-state index in [0.717, 1.165) is 36.9 Å². The third-order valence-electron chi connectivity index (χ3n) is 3.75. The van der Waals surface area contributed by atoms with Gasteiger partial charge in [-0.1, -0.05) is 18.2 Å². The molecule has 124 valence electrons. The quantitative estimate of drug-likeness (QED) is 0.635. The summed E-state index contributed by atoms with van der Waals surface area (Å²) in [6.45, 7) is 0. The Morgan fingerprint density at radius 2 is 2.21 bits per heavy atom. The van der Waals surface area contributed by atoms with Crippen molar-refractivity contribution >= 4 is 29.3 Å². The fourth-order valence-electron chi connectivity index (χ4n) is 2.57. The van der Waals surface area contributed by atoms with Crippen LogP contribution in [0.4, 0.5) is 11.6 Å². The van der Waals surface area contributed by atoms with Crippen molar-refractivity contribution in [1.29, 1.82) is 5.26 Å². The minimum absolute atomic E-state index is 0.0224. The lowest BCUT2D eigenvalue weighted by Crippen LogP contribution is -2.15. The SMILES string of the molecule is N#Cc1cc2c(nc1SCC(=O)Nc1nonc1N)CCCCC2. The van der Waals surface area contributed by atoms with E-state index < -0.39 is 0 Å². The molecular formula is C15H16N6O2S. The van der Waals surface area contributed by atoms with E-state index in [0.29, 0.717) is 10.6 Å². The number of hydrogen-bond donors (Lipinski definition) is 2. The van der Waals surface area contributed by atoms with Gasteiger partial charge in [0.25, 0.3) is 0 Å². The van der Waals surface area contributed by atoms with E-state index in [9.17, 15) is 10.1 Å². The molecule has 2 aromatic heterocycles. The van der Waals surface area contributed by atoms with Gasteiger partial charge in [0.05, 0.1) is 11.3 Å². The summed E-state index contributed by atoms with van der Waals surface area (Å²) in [6, 6.07) is 4.08. The van der Waals surface area contributed by atoms with Crippen LogP contribution >= 0.6 is 11.8 Å². The number of nitrogens with zero attached hydrogens (tertiary/aromatic N) is 4. The summed E-state index contributed by atoms with van der Waals surface area (Å²) in [4.78, 5) is 16.6. The topological polar surface area (TPSA) is 131 Å². The number of aryl methyl sites for hydroxylation is 2. The molecule has 1 aliphatic carbocycles. The van der Waals surface area contributed by atoms with Crippen molar-refractivity contribution in [3.05, 3.63) is 22.9 Å². The molecule has 1 amide bonds. The van der Waals surface area contributed by atoms with E-state index >= 15 is 0 Å². The van der Waals surface area contributed by atoms with Crippen LogP contribution < -0.4 is 11.1 Å². The van der Waals surface area contributed by atoms with E-state index in [1.54, 1.807) is 0 Å². The van der Waals surface area contributed by atoms with E-state index in [1.165, 1.54) is 18.2 Å². The molecule has 0 bridgehead atoms. The van der Waals surface area contributed by atoms with Crippen LogP contribution in [0.3, 0.4) is 0 Å². The zero-order valence-electron chi connectivity index (χ0n) is 12.9. The standard InChI is InChI=1S/C15H16N6O2S/c16-7-10-6-9-4-2-1-3-5-11(9)18-15(10)24-8-12(22)19-14-13(17)20-23-21-14/h6H,1-5,8H2,(H2,17,20)(H,19,21,22). The highest BCUT2D eigenvalue weighted by molar-refractivity contribution is 8.00. The number of pyridine rings is 1. The molecule has 0 fully saturated rings. The van der Waals surface area contributed by atoms with Crippen LogP contribution in [0.5, 0.6) is 0 Å². The van der Waals surface area contributed by atoms with Crippen LogP contribution in [0, 0.1) is 11.3 Å². The summed E-state index contributed by atoms with van der Waals surface area (Å²) in [5.74, 6) is -0.111. The zero-order chi connectivity index (χ0) is 16.9. The summed E-state index contributed by atoms with van der Waals surface area (Å²) < 4.78 is 4.42. The zero-order valence-corrected chi connectivity index (χ0v) is 13.7. The number of carbonyl (C=O) groups is 1. The van der Waals surface area contributed by atoms with Crippen molar-refractivity contribution in [3.8, 4) is 6.07 Å². The highest BCUT2D eigenvalue weighted by Gasteiger charge is 2.16. The van der Waals surface area contributed by atoms with Gasteiger partial charge in [0.15, 0.2) is 0 Å². The number of fused-ring (bicyclic) bond motifs is 1. The predicted octanol–water partition coefficient (Wildman–Crippen LogP) is 1.92. The maximum Gasteiger partial charge on any atom is 0.236 e. The number of anilines is 2. The maximum atomic E-state index is 12.0. The second-order valence-electron chi connectivity index (χ2n) is 5.45. The predicted molar refractivity (Wildman–Crippen MR) is 88.3 cm³/mol. The average molecular weight is 344 g/mol. The molecule has 0 aromatic carbocycles. The van der Waals surface area contributed by atoms with Crippen LogP contribution in [0.15, 0.2) is 15.7 Å². The first-order chi connectivity index (χ1) is 11.7. The van der Waals surface area contributed by atoms with Gasteiger partial charge in [0, 0.05) is 5.69 Å². The molecule has 0 spiro atoms. The maximum absolute atomic E-state index is 12.0. The van der Waals surface area contributed by atoms with Gasteiger partial charge in [0.1, 0.15) is 11.1 Å². The lowest BCUT2D eigenvalue weighted by atomic mass is 10.1. The lowest BCUT2D eigenvalue weighted by molar-refractivity contribution is -0.113. The highest BCUT2D eigenvalue weighted by atomic mass is 32.2. The van der Waals surface area contributed by atoms with Crippen molar-refractivity contribution in [2.45, 2.75) is 37.1 Å². The molecule has 3 rings (SSSR count). The number of rotatable bonds is 4. The van der Waals surface area contributed by atoms with Crippen molar-refractivity contribution in [3.63, 3.8) is 0 Å². The van der Waals surface area contributed by atoms with Crippen molar-refractivity contribution < 1.29 is 9.42 Å². The van der Waals surface area contributed by atoms with E-state index in [-0.39, 0.29) is 23.3 Å². The Bertz CT molecular complexity index is 798. The van der Waals surface area contributed by atoms with E-state index in [4.69, 9.17) is 5.73 Å². The van der Waals surface area contributed by atoms with Crippen LogP contribution in [0.2, 0.25) is 0 Å². The molecule has 2 heterocycles. The number of hydrogen-bond acceptors (Lipinski definition) is 8. The van der Waals surface area contributed by atoms with Gasteiger partial charge in [0.2, 0.25) is 17.5 Å². The summed E-state index contributed by atoms with van der Waals surface area (Å²) in [6.07, 6.45) is 5.29. The molecule has 1 aliphatic rings. The number of carbonyl (C=O) groups excluding carboxylic acids is 1. The second kappa shape index (κ2) is 7.31. The third kappa shape index (κ3) is 3.65. The number of nitrogens with two attached hydrogens (primary N) is 1. The summed E-state index contributed by atoms with van der Waals surface area (Å²) >= 11 is 1.22. The molecule has 3 N–H and O–H groups in total. The molecule has 0 atom stereocenters. The largest absolute Gasteiger partial charge is 0.378 e. The Labute approximate surface area is 142 Å². The van der Waals surface area contributed by atoms with Crippen molar-refractivity contribution in [2.75, 3.05) is 16.8 Å². The smallest absolute Gasteiger partial charge is 0.236 e. The minimum atomic E-state index is -0.317. The summed E-state index contributed by atoms with van der Waals surface area (Å²) in [5, 5.41) is 19.3. The van der Waals surface area contributed by atoms with Crippen LogP contribution in [0.1, 0.15) is 36.1 Å². The second-order valence-corrected chi connectivity index (χ2v) is 6.42. The van der Waals surface area contributed by atoms with E-state index in [2.05, 4.69) is 31.3 Å². The van der Waals surface area contributed by atoms with Crippen LogP contribution in [0.25, 0.3) is 0 Å². The normalized spacial score (nSPS) is 13.6. The van der Waals surface area contributed by atoms with Crippen molar-refractivity contribution in [2.24, 2.45) is 0 Å². The lowest BCUT2D eigenvalue weighted by Gasteiger charge is -2.09. The van der Waals surface area contributed by atoms with Gasteiger partial charge in [-0.25, -0.2) is 9.61 Å². The van der Waals surface area contributed by atoms with E-state index in [1.807, 2.05) is 6.07 Å². The monoisotopic (exact) mass is 344 g/mol. The van der Waals surface area contributed by atoms with Gasteiger partial charge in [-0.3, -0.25) is 4.79 Å². The van der Waals surface area contributed by atoms with Gasteiger partial charge < -0.3 is 11.1 Å². The number of nitrogens with one attached hydrogen (secondary N) is 1. The first kappa shape index (κ1) is 16.3. The Balaban J connectivity index is 1.70. The van der Waals surface area contributed by atoms with Crippen molar-refractivity contribution in [1.82, 2.24) is 15.3 Å². The van der Waals surface area contributed by atoms with Gasteiger partial charge in [-0.05, 0) is 47.6 Å². The number of nitriles is 1. The van der Waals surface area contributed by atoms with Crippen LogP contribution in [-0.2, 0) is 17.6 Å². The van der Waals surface area contributed by atoms with Crippen LogP contribution in [-0.4, -0.2) is 27.0 Å². The molecule has 0 radical (unpaired) electrons. The summed E-state index contributed by atoms with van der Waals surface area (Å²) in [7, 11) is 0. The summed E-state index contributed by atoms with van der Waals surface area (Å²) in [5.41, 5.74) is 8.19. The fraction of sp³-hybridized carbons (Fsp3) is 0.400. The number of nitrogen functional groups attached to an aromatic ring is 1. The minimum Gasteiger partial charge on any atom is -0.378 e. The molecular weight excluding hydrogens is 328 g/mol. The number of aromatic nitrogens is 3. The molecule has 8 nitrogen and oxygen atoms in total. The molecule has 0 aliphatic heterocycles. The first-order valence-electron chi connectivity index (χ1n) is 7.61. The Morgan fingerprint density at radius 1 is 1.38 bits per heavy atom. The van der Waals surface area contributed by atoms with Gasteiger partial charge in [-0.2, -0.15) is 5.26 Å². The molecule has 0 unspecified atom stereocenters. The molecule has 24 heavy (non-hydrogen) atoms. The first-order valence-corrected chi connectivity index (χ1v) is 8.59. The number of amides is 1. The molecule has 9 heteroatoms. The molecule has 0 saturated heterocycles. The third-order valence-corrected chi connectivity index (χ3v) is 4.74. The Kier molecular flexibility index (Phi) is 4.96.